The highest BCUT2D eigenvalue weighted by Gasteiger charge is 2.39. The van der Waals surface area contributed by atoms with Crippen LogP contribution in [0.25, 0.3) is 5.69 Å². The summed E-state index contributed by atoms with van der Waals surface area (Å²) in [6.45, 7) is 1.92. The SMILES string of the molecule is CCCc1c(C(=O)ON2C(=O)c3ccccc3C2=O)cnn1-c1cccc(F)c1. The summed E-state index contributed by atoms with van der Waals surface area (Å²) < 4.78 is 15.1. The molecule has 0 atom stereocenters. The van der Waals surface area contributed by atoms with Crippen LogP contribution in [0.2, 0.25) is 0 Å². The van der Waals surface area contributed by atoms with Gasteiger partial charge in [-0.25, -0.2) is 13.9 Å². The number of fused-ring (bicyclic) bond motifs is 1. The van der Waals surface area contributed by atoms with E-state index in [1.165, 1.54) is 35.1 Å². The molecule has 29 heavy (non-hydrogen) atoms. The largest absolute Gasteiger partial charge is 0.367 e. The lowest BCUT2D eigenvalue weighted by atomic mass is 10.1. The molecule has 0 fully saturated rings. The summed E-state index contributed by atoms with van der Waals surface area (Å²) in [5.74, 6) is -2.72. The van der Waals surface area contributed by atoms with E-state index in [9.17, 15) is 18.8 Å². The topological polar surface area (TPSA) is 81.5 Å². The first-order valence-corrected chi connectivity index (χ1v) is 9.04. The molecule has 0 saturated heterocycles. The minimum absolute atomic E-state index is 0.104. The molecule has 2 aromatic carbocycles. The van der Waals surface area contributed by atoms with Crippen LogP contribution in [0.5, 0.6) is 0 Å². The average molecular weight is 393 g/mol. The van der Waals surface area contributed by atoms with Crippen molar-refractivity contribution in [3.8, 4) is 5.69 Å². The van der Waals surface area contributed by atoms with Crippen LogP contribution >= 0.6 is 0 Å². The van der Waals surface area contributed by atoms with Gasteiger partial charge in [0.2, 0.25) is 0 Å². The molecule has 1 aliphatic rings. The Kier molecular flexibility index (Phi) is 4.67. The molecule has 3 aromatic rings. The highest BCUT2D eigenvalue weighted by molar-refractivity contribution is 6.21. The van der Waals surface area contributed by atoms with Crippen molar-refractivity contribution < 1.29 is 23.6 Å². The van der Waals surface area contributed by atoms with E-state index in [1.807, 2.05) is 6.92 Å². The summed E-state index contributed by atoms with van der Waals surface area (Å²) in [6, 6.07) is 12.0. The van der Waals surface area contributed by atoms with E-state index >= 15 is 0 Å². The Morgan fingerprint density at radius 1 is 1.07 bits per heavy atom. The van der Waals surface area contributed by atoms with Gasteiger partial charge in [0.25, 0.3) is 11.8 Å². The zero-order valence-electron chi connectivity index (χ0n) is 15.5. The molecule has 1 aliphatic heterocycles. The average Bonchev–Trinajstić information content (AvgIpc) is 3.24. The van der Waals surface area contributed by atoms with Crippen LogP contribution < -0.4 is 0 Å². The number of carbonyl (C=O) groups excluding carboxylic acids is 3. The van der Waals surface area contributed by atoms with Gasteiger partial charge in [0.15, 0.2) is 0 Å². The van der Waals surface area contributed by atoms with Crippen LogP contribution in [0, 0.1) is 5.82 Å². The number of rotatable bonds is 5. The quantitative estimate of drug-likeness (QED) is 0.621. The highest BCUT2D eigenvalue weighted by atomic mass is 19.1. The van der Waals surface area contributed by atoms with E-state index in [2.05, 4.69) is 5.10 Å². The Morgan fingerprint density at radius 2 is 1.76 bits per heavy atom. The molecule has 0 saturated carbocycles. The normalized spacial score (nSPS) is 13.0. The van der Waals surface area contributed by atoms with Crippen molar-refractivity contribution in [1.29, 1.82) is 0 Å². The van der Waals surface area contributed by atoms with Gasteiger partial charge in [0, 0.05) is 0 Å². The number of imide groups is 1. The van der Waals surface area contributed by atoms with Crippen LogP contribution in [0.15, 0.2) is 54.7 Å². The number of aromatic nitrogens is 2. The molecular weight excluding hydrogens is 377 g/mol. The van der Waals surface area contributed by atoms with Gasteiger partial charge in [0.05, 0.1) is 28.7 Å². The van der Waals surface area contributed by atoms with Gasteiger partial charge in [-0.3, -0.25) is 9.59 Å². The zero-order chi connectivity index (χ0) is 20.5. The molecule has 0 radical (unpaired) electrons. The molecule has 2 heterocycles. The molecule has 0 spiro atoms. The molecule has 8 heteroatoms. The van der Waals surface area contributed by atoms with Crippen molar-refractivity contribution >= 4 is 17.8 Å². The smallest absolute Gasteiger partial charge is 0.324 e. The lowest BCUT2D eigenvalue weighted by Crippen LogP contribution is -2.32. The lowest BCUT2D eigenvalue weighted by Gasteiger charge is -2.13. The van der Waals surface area contributed by atoms with Gasteiger partial charge < -0.3 is 4.84 Å². The number of hydrogen-bond acceptors (Lipinski definition) is 5. The maximum absolute atomic E-state index is 13.6. The predicted octanol–water partition coefficient (Wildman–Crippen LogP) is 3.33. The molecule has 146 valence electrons. The first-order chi connectivity index (χ1) is 14.0. The molecule has 4 rings (SSSR count). The highest BCUT2D eigenvalue weighted by Crippen LogP contribution is 2.25. The maximum atomic E-state index is 13.6. The Hall–Kier alpha value is -3.81. The van der Waals surface area contributed by atoms with E-state index in [0.717, 1.165) is 0 Å². The minimum Gasteiger partial charge on any atom is -0.324 e. The van der Waals surface area contributed by atoms with E-state index < -0.39 is 23.6 Å². The van der Waals surface area contributed by atoms with Crippen LogP contribution in [-0.4, -0.2) is 32.6 Å². The first kappa shape index (κ1) is 18.5. The Morgan fingerprint density at radius 3 is 2.38 bits per heavy atom. The summed E-state index contributed by atoms with van der Waals surface area (Å²) >= 11 is 0. The van der Waals surface area contributed by atoms with E-state index in [0.29, 0.717) is 29.3 Å². The number of amides is 2. The van der Waals surface area contributed by atoms with E-state index in [-0.39, 0.29) is 16.7 Å². The standard InChI is InChI=1S/C21H16FN3O4/c1-2-6-18-17(12-23-24(18)14-8-5-7-13(22)11-14)21(28)29-25-19(26)15-9-3-4-10-16(15)20(25)27/h3-5,7-12H,2,6H2,1H3. The molecule has 0 bridgehead atoms. The fraction of sp³-hybridized carbons (Fsp3) is 0.143. The second-order valence-electron chi connectivity index (χ2n) is 6.48. The van der Waals surface area contributed by atoms with Crippen molar-refractivity contribution in [1.82, 2.24) is 14.8 Å². The number of benzene rings is 2. The van der Waals surface area contributed by atoms with Crippen molar-refractivity contribution in [2.45, 2.75) is 19.8 Å². The number of carbonyl (C=O) groups is 3. The Labute approximate surface area is 165 Å². The first-order valence-electron chi connectivity index (χ1n) is 9.04. The maximum Gasteiger partial charge on any atom is 0.367 e. The second-order valence-corrected chi connectivity index (χ2v) is 6.48. The van der Waals surface area contributed by atoms with Gasteiger partial charge in [-0.2, -0.15) is 5.10 Å². The number of hydroxylamine groups is 2. The third-order valence-electron chi connectivity index (χ3n) is 4.56. The summed E-state index contributed by atoms with van der Waals surface area (Å²) in [5, 5.41) is 4.64. The molecule has 1 aromatic heterocycles. The number of halogens is 1. The summed E-state index contributed by atoms with van der Waals surface area (Å²) in [6.07, 6.45) is 2.44. The van der Waals surface area contributed by atoms with Crippen LogP contribution in [0.1, 0.15) is 50.1 Å². The summed E-state index contributed by atoms with van der Waals surface area (Å²) in [4.78, 5) is 42.7. The van der Waals surface area contributed by atoms with Crippen molar-refractivity contribution in [2.75, 3.05) is 0 Å². The van der Waals surface area contributed by atoms with Crippen molar-refractivity contribution in [3.05, 3.63) is 82.9 Å². The Bertz CT molecular complexity index is 1100. The molecule has 0 aliphatic carbocycles. The van der Waals surface area contributed by atoms with Crippen LogP contribution in [-0.2, 0) is 11.3 Å². The molecule has 7 nitrogen and oxygen atoms in total. The fourth-order valence-electron chi connectivity index (χ4n) is 3.23. The number of hydrogen-bond donors (Lipinski definition) is 0. The summed E-state index contributed by atoms with van der Waals surface area (Å²) in [7, 11) is 0. The number of nitrogens with zero attached hydrogens (tertiary/aromatic N) is 3. The zero-order valence-corrected chi connectivity index (χ0v) is 15.5. The third-order valence-corrected chi connectivity index (χ3v) is 4.56. The fourth-order valence-corrected chi connectivity index (χ4v) is 3.23. The van der Waals surface area contributed by atoms with Gasteiger partial charge >= 0.3 is 5.97 Å². The van der Waals surface area contributed by atoms with Gasteiger partial charge in [-0.15, -0.1) is 0 Å². The minimum atomic E-state index is -0.884. The third kappa shape index (κ3) is 3.18. The van der Waals surface area contributed by atoms with Crippen LogP contribution in [0.4, 0.5) is 4.39 Å². The second kappa shape index (κ2) is 7.31. The van der Waals surface area contributed by atoms with Gasteiger partial charge in [-0.1, -0.05) is 36.6 Å². The summed E-state index contributed by atoms with van der Waals surface area (Å²) in [5.41, 5.74) is 1.41. The van der Waals surface area contributed by atoms with Crippen LogP contribution in [0.3, 0.4) is 0 Å². The van der Waals surface area contributed by atoms with Crippen molar-refractivity contribution in [2.24, 2.45) is 0 Å². The molecule has 2 amide bonds. The van der Waals surface area contributed by atoms with E-state index in [4.69, 9.17) is 4.84 Å². The monoisotopic (exact) mass is 393 g/mol. The van der Waals surface area contributed by atoms with Crippen molar-refractivity contribution in [3.63, 3.8) is 0 Å². The van der Waals surface area contributed by atoms with E-state index in [1.54, 1.807) is 24.3 Å². The molecule has 0 unspecified atom stereocenters. The molecule has 0 N–H and O–H groups in total. The Balaban J connectivity index is 1.65. The lowest BCUT2D eigenvalue weighted by molar-refractivity contribution is -0.0585. The van der Waals surface area contributed by atoms with Gasteiger partial charge in [-0.05, 0) is 36.8 Å². The molecular formula is C21H16FN3O4. The predicted molar refractivity (Wildman–Crippen MR) is 99.9 cm³/mol. The van der Waals surface area contributed by atoms with Gasteiger partial charge in [0.1, 0.15) is 11.4 Å².